The first-order valence-corrected chi connectivity index (χ1v) is 8.47. The van der Waals surface area contributed by atoms with Gasteiger partial charge in [-0.25, -0.2) is 0 Å². The Hall–Kier alpha value is -1.89. The van der Waals surface area contributed by atoms with E-state index in [0.717, 1.165) is 5.56 Å². The van der Waals surface area contributed by atoms with Crippen LogP contribution in [0.25, 0.3) is 0 Å². The lowest BCUT2D eigenvalue weighted by Gasteiger charge is -2.15. The van der Waals surface area contributed by atoms with Crippen LogP contribution >= 0.6 is 27.5 Å². The Labute approximate surface area is 153 Å². The number of hydrogen-bond donors (Lipinski definition) is 3. The summed E-state index contributed by atoms with van der Waals surface area (Å²) in [5.41, 5.74) is 6.10. The molecular formula is C17H17BrClN3O2. The lowest BCUT2D eigenvalue weighted by Crippen LogP contribution is -2.45. The van der Waals surface area contributed by atoms with Gasteiger partial charge in [0, 0.05) is 15.5 Å². The molecule has 7 heteroatoms. The topological polar surface area (TPSA) is 70.2 Å². The van der Waals surface area contributed by atoms with E-state index in [1.165, 1.54) is 0 Å². The van der Waals surface area contributed by atoms with E-state index in [1.54, 1.807) is 30.3 Å². The minimum Gasteiger partial charge on any atom is -0.302 e. The average molecular weight is 411 g/mol. The van der Waals surface area contributed by atoms with Crippen LogP contribution in [0.1, 0.15) is 28.9 Å². The highest BCUT2D eigenvalue weighted by atomic mass is 79.9. The lowest BCUT2D eigenvalue weighted by atomic mass is 10.1. The summed E-state index contributed by atoms with van der Waals surface area (Å²) < 4.78 is 0.655. The van der Waals surface area contributed by atoms with Gasteiger partial charge in [-0.1, -0.05) is 41.9 Å². The molecule has 2 aromatic carbocycles. The van der Waals surface area contributed by atoms with Gasteiger partial charge in [-0.2, -0.15) is 0 Å². The number of halogens is 2. The number of hydrazine groups is 1. The Balaban J connectivity index is 1.81. The minimum atomic E-state index is -0.394. The summed E-state index contributed by atoms with van der Waals surface area (Å²) in [6.45, 7) is 1.96. The summed E-state index contributed by atoms with van der Waals surface area (Å²) in [5, 5.41) is 3.70. The Morgan fingerprint density at radius 3 is 2.46 bits per heavy atom. The van der Waals surface area contributed by atoms with Crippen molar-refractivity contribution in [2.45, 2.75) is 13.0 Å². The smallest absolute Gasteiger partial charge is 0.270 e. The molecule has 126 valence electrons. The number of benzene rings is 2. The monoisotopic (exact) mass is 409 g/mol. The van der Waals surface area contributed by atoms with Gasteiger partial charge in [0.15, 0.2) is 0 Å². The second-order valence-electron chi connectivity index (χ2n) is 5.11. The number of amides is 2. The highest BCUT2D eigenvalue weighted by Gasteiger charge is 2.12. The molecule has 0 aliphatic heterocycles. The fourth-order valence-electron chi connectivity index (χ4n) is 2.07. The highest BCUT2D eigenvalue weighted by Crippen LogP contribution is 2.21. The van der Waals surface area contributed by atoms with Gasteiger partial charge in [-0.15, -0.1) is 0 Å². The Kier molecular flexibility index (Phi) is 6.78. The number of nitrogens with one attached hydrogen (secondary N) is 3. The highest BCUT2D eigenvalue weighted by molar-refractivity contribution is 9.10. The number of carbonyl (C=O) groups excluding carboxylic acids is 2. The molecule has 0 aliphatic carbocycles. The molecule has 0 aromatic heterocycles. The standard InChI is InChI=1S/C17H17BrClN3O2/c1-11(12-6-3-5-9-15(12)19)20-10-16(23)21-22-17(24)13-7-2-4-8-14(13)18/h2-9,11,20H,10H2,1H3,(H,21,23)(H,22,24)/t11-/m0/s1. The molecule has 0 spiro atoms. The zero-order chi connectivity index (χ0) is 17.5. The van der Waals surface area contributed by atoms with Gasteiger partial charge in [0.1, 0.15) is 0 Å². The maximum absolute atomic E-state index is 12.0. The quantitative estimate of drug-likeness (QED) is 0.663. The van der Waals surface area contributed by atoms with E-state index < -0.39 is 5.91 Å². The zero-order valence-electron chi connectivity index (χ0n) is 13.0. The molecule has 0 heterocycles. The van der Waals surface area contributed by atoms with Crippen molar-refractivity contribution in [3.8, 4) is 0 Å². The van der Waals surface area contributed by atoms with E-state index in [9.17, 15) is 9.59 Å². The predicted octanol–water partition coefficient (Wildman–Crippen LogP) is 3.21. The molecule has 24 heavy (non-hydrogen) atoms. The second-order valence-corrected chi connectivity index (χ2v) is 6.37. The van der Waals surface area contributed by atoms with Gasteiger partial charge in [0.05, 0.1) is 12.1 Å². The van der Waals surface area contributed by atoms with E-state index in [2.05, 4.69) is 32.1 Å². The van der Waals surface area contributed by atoms with Crippen LogP contribution in [0, 0.1) is 0 Å². The maximum atomic E-state index is 12.0. The molecule has 5 nitrogen and oxygen atoms in total. The molecule has 2 amide bonds. The third-order valence-corrected chi connectivity index (χ3v) is 4.41. The average Bonchev–Trinajstić information content (AvgIpc) is 2.58. The summed E-state index contributed by atoms with van der Waals surface area (Å²) in [7, 11) is 0. The normalized spacial score (nSPS) is 11.6. The van der Waals surface area contributed by atoms with Crippen molar-refractivity contribution in [3.63, 3.8) is 0 Å². The molecule has 2 rings (SSSR count). The van der Waals surface area contributed by atoms with Crippen molar-refractivity contribution in [1.29, 1.82) is 0 Å². The van der Waals surface area contributed by atoms with Crippen molar-refractivity contribution < 1.29 is 9.59 Å². The van der Waals surface area contributed by atoms with Crippen LogP contribution in [0.2, 0.25) is 5.02 Å². The van der Waals surface area contributed by atoms with E-state index in [-0.39, 0.29) is 18.5 Å². The van der Waals surface area contributed by atoms with E-state index >= 15 is 0 Å². The molecule has 0 radical (unpaired) electrons. The van der Waals surface area contributed by atoms with Gasteiger partial charge in [-0.05, 0) is 46.6 Å². The van der Waals surface area contributed by atoms with Crippen LogP contribution in [0.5, 0.6) is 0 Å². The molecule has 0 saturated carbocycles. The maximum Gasteiger partial charge on any atom is 0.270 e. The molecule has 3 N–H and O–H groups in total. The summed E-state index contributed by atoms with van der Waals surface area (Å²) in [5.74, 6) is -0.746. The van der Waals surface area contributed by atoms with Gasteiger partial charge >= 0.3 is 0 Å². The first kappa shape index (κ1) is 18.4. The number of hydrogen-bond acceptors (Lipinski definition) is 3. The SMILES string of the molecule is C[C@H](NCC(=O)NNC(=O)c1ccccc1Br)c1ccccc1Cl. The molecule has 0 saturated heterocycles. The van der Waals surface area contributed by atoms with E-state index in [1.807, 2.05) is 25.1 Å². The molecule has 0 fully saturated rings. The fraction of sp³-hybridized carbons (Fsp3) is 0.176. The van der Waals surface area contributed by atoms with Crippen LogP contribution in [0.4, 0.5) is 0 Å². The molecule has 0 bridgehead atoms. The fourth-order valence-corrected chi connectivity index (χ4v) is 2.83. The Morgan fingerprint density at radius 2 is 1.75 bits per heavy atom. The largest absolute Gasteiger partial charge is 0.302 e. The predicted molar refractivity (Wildman–Crippen MR) is 97.6 cm³/mol. The van der Waals surface area contributed by atoms with Crippen molar-refractivity contribution >= 4 is 39.3 Å². The van der Waals surface area contributed by atoms with Gasteiger partial charge < -0.3 is 5.32 Å². The van der Waals surface area contributed by atoms with Crippen LogP contribution in [0.3, 0.4) is 0 Å². The first-order chi connectivity index (χ1) is 11.5. The van der Waals surface area contributed by atoms with Crippen molar-refractivity contribution in [2.24, 2.45) is 0 Å². The van der Waals surface area contributed by atoms with Crippen LogP contribution in [-0.4, -0.2) is 18.4 Å². The summed E-state index contributed by atoms with van der Waals surface area (Å²) in [6, 6.07) is 14.3. The molecule has 0 aliphatic rings. The van der Waals surface area contributed by atoms with Gasteiger partial charge in [0.25, 0.3) is 11.8 Å². The molecule has 1 atom stereocenters. The summed E-state index contributed by atoms with van der Waals surface area (Å²) in [4.78, 5) is 23.8. The third kappa shape index (κ3) is 5.06. The van der Waals surface area contributed by atoms with Crippen LogP contribution < -0.4 is 16.2 Å². The minimum absolute atomic E-state index is 0.0443. The zero-order valence-corrected chi connectivity index (χ0v) is 15.3. The number of rotatable bonds is 5. The molecular weight excluding hydrogens is 394 g/mol. The first-order valence-electron chi connectivity index (χ1n) is 7.30. The third-order valence-electron chi connectivity index (χ3n) is 3.37. The van der Waals surface area contributed by atoms with Crippen molar-refractivity contribution in [1.82, 2.24) is 16.2 Å². The van der Waals surface area contributed by atoms with Crippen molar-refractivity contribution in [2.75, 3.05) is 6.54 Å². The van der Waals surface area contributed by atoms with Crippen LogP contribution in [0.15, 0.2) is 53.0 Å². The summed E-state index contributed by atoms with van der Waals surface area (Å²) in [6.07, 6.45) is 0. The van der Waals surface area contributed by atoms with Gasteiger partial charge in [-0.3, -0.25) is 20.4 Å². The van der Waals surface area contributed by atoms with E-state index in [0.29, 0.717) is 15.1 Å². The van der Waals surface area contributed by atoms with E-state index in [4.69, 9.17) is 11.6 Å². The Morgan fingerprint density at radius 1 is 1.08 bits per heavy atom. The van der Waals surface area contributed by atoms with Crippen LogP contribution in [-0.2, 0) is 4.79 Å². The molecule has 0 unspecified atom stereocenters. The van der Waals surface area contributed by atoms with Gasteiger partial charge in [0.2, 0.25) is 0 Å². The molecule has 2 aromatic rings. The lowest BCUT2D eigenvalue weighted by molar-refractivity contribution is -0.121. The Bertz CT molecular complexity index is 739. The second kappa shape index (κ2) is 8.82. The number of carbonyl (C=O) groups is 2. The van der Waals surface area contributed by atoms with Crippen molar-refractivity contribution in [3.05, 3.63) is 69.2 Å². The summed E-state index contributed by atoms with van der Waals surface area (Å²) >= 11 is 9.41.